The fourth-order valence-electron chi connectivity index (χ4n) is 1.82. The highest BCUT2D eigenvalue weighted by molar-refractivity contribution is 5.76. The molecule has 0 saturated heterocycles. The topological polar surface area (TPSA) is 93.4 Å². The number of hydrogen-bond acceptors (Lipinski definition) is 5. The minimum atomic E-state index is -1.01. The van der Waals surface area contributed by atoms with Gasteiger partial charge in [0.15, 0.2) is 5.82 Å². The molecule has 1 unspecified atom stereocenters. The minimum absolute atomic E-state index is 0.0748. The zero-order valence-corrected chi connectivity index (χ0v) is 11.8. The van der Waals surface area contributed by atoms with Crippen LogP contribution in [0.25, 0.3) is 0 Å². The molecule has 0 radical (unpaired) electrons. The molecule has 1 rings (SSSR count). The first-order chi connectivity index (χ1) is 9.60. The molecular formula is C13H21N3O4. The summed E-state index contributed by atoms with van der Waals surface area (Å²) in [6, 6.07) is -0.845. The monoisotopic (exact) mass is 283 g/mol. The average Bonchev–Trinajstić information content (AvgIpc) is 2.42. The molecule has 0 fully saturated rings. The van der Waals surface area contributed by atoms with Gasteiger partial charge in [0.25, 0.3) is 5.56 Å². The number of aromatic nitrogens is 2. The van der Waals surface area contributed by atoms with Crippen LogP contribution in [0.4, 0.5) is 5.82 Å². The Hall–Kier alpha value is -1.89. The van der Waals surface area contributed by atoms with Crippen molar-refractivity contribution < 1.29 is 14.6 Å². The summed E-state index contributed by atoms with van der Waals surface area (Å²) in [5.41, 5.74) is -0.299. The molecule has 0 spiro atoms. The summed E-state index contributed by atoms with van der Waals surface area (Å²) in [5.74, 6) is -0.932. The zero-order chi connectivity index (χ0) is 15.0. The second-order valence-corrected chi connectivity index (χ2v) is 4.44. The number of carboxylic acids is 1. The van der Waals surface area contributed by atoms with E-state index >= 15 is 0 Å². The van der Waals surface area contributed by atoms with Crippen molar-refractivity contribution in [1.82, 2.24) is 9.55 Å². The first-order valence-corrected chi connectivity index (χ1v) is 6.63. The Bertz CT molecular complexity index is 487. The third-order valence-electron chi connectivity index (χ3n) is 2.83. The van der Waals surface area contributed by atoms with Gasteiger partial charge in [0.2, 0.25) is 0 Å². The van der Waals surface area contributed by atoms with Crippen LogP contribution in [0.5, 0.6) is 0 Å². The van der Waals surface area contributed by atoms with Crippen LogP contribution in [0, 0.1) is 0 Å². The van der Waals surface area contributed by atoms with E-state index in [-0.39, 0.29) is 11.4 Å². The molecule has 0 aromatic carbocycles. The molecule has 1 heterocycles. The summed E-state index contributed by atoms with van der Waals surface area (Å²) in [7, 11) is 1.56. The number of anilines is 1. The minimum Gasteiger partial charge on any atom is -0.480 e. The maximum Gasteiger partial charge on any atom is 0.326 e. The van der Waals surface area contributed by atoms with E-state index in [0.29, 0.717) is 26.0 Å². The Balaban J connectivity index is 2.80. The lowest BCUT2D eigenvalue weighted by Crippen LogP contribution is -2.34. The number of carbonyl (C=O) groups is 1. The molecule has 2 N–H and O–H groups in total. The zero-order valence-electron chi connectivity index (χ0n) is 11.8. The molecular weight excluding hydrogens is 262 g/mol. The van der Waals surface area contributed by atoms with Gasteiger partial charge in [-0.2, -0.15) is 0 Å². The van der Waals surface area contributed by atoms with Gasteiger partial charge in [-0.25, -0.2) is 9.78 Å². The lowest BCUT2D eigenvalue weighted by molar-refractivity contribution is -0.138. The van der Waals surface area contributed by atoms with Gasteiger partial charge in [-0.15, -0.1) is 0 Å². The first kappa shape index (κ1) is 16.2. The van der Waals surface area contributed by atoms with Crippen LogP contribution in [-0.2, 0) is 16.1 Å². The van der Waals surface area contributed by atoms with E-state index in [4.69, 9.17) is 9.84 Å². The van der Waals surface area contributed by atoms with Crippen molar-refractivity contribution in [2.45, 2.75) is 38.8 Å². The molecule has 1 aromatic rings. The SMILES string of the molecule is CCCn1ccnc(NC(CCCOC)C(=O)O)c1=O. The van der Waals surface area contributed by atoms with Crippen molar-refractivity contribution in [2.75, 3.05) is 19.0 Å². The van der Waals surface area contributed by atoms with Crippen LogP contribution in [0.3, 0.4) is 0 Å². The third kappa shape index (κ3) is 4.65. The number of aryl methyl sites for hydroxylation is 1. The third-order valence-corrected chi connectivity index (χ3v) is 2.83. The lowest BCUT2D eigenvalue weighted by Gasteiger charge is -2.15. The Morgan fingerprint density at radius 2 is 2.35 bits per heavy atom. The van der Waals surface area contributed by atoms with E-state index in [2.05, 4.69) is 10.3 Å². The van der Waals surface area contributed by atoms with Crippen LogP contribution in [0.1, 0.15) is 26.2 Å². The first-order valence-electron chi connectivity index (χ1n) is 6.63. The van der Waals surface area contributed by atoms with Crippen molar-refractivity contribution in [3.05, 3.63) is 22.7 Å². The summed E-state index contributed by atoms with van der Waals surface area (Å²) in [6.45, 7) is 3.02. The number of hydrogen-bond donors (Lipinski definition) is 2. The molecule has 0 bridgehead atoms. The summed E-state index contributed by atoms with van der Waals surface area (Å²) in [4.78, 5) is 27.2. The highest BCUT2D eigenvalue weighted by Gasteiger charge is 2.19. The molecule has 7 heteroatoms. The van der Waals surface area contributed by atoms with Crippen molar-refractivity contribution in [3.63, 3.8) is 0 Å². The molecule has 1 aromatic heterocycles. The predicted molar refractivity (Wildman–Crippen MR) is 74.9 cm³/mol. The number of nitrogens with zero attached hydrogens (tertiary/aromatic N) is 2. The smallest absolute Gasteiger partial charge is 0.326 e. The van der Waals surface area contributed by atoms with Crippen molar-refractivity contribution in [2.24, 2.45) is 0 Å². The van der Waals surface area contributed by atoms with E-state index in [1.165, 1.54) is 10.8 Å². The van der Waals surface area contributed by atoms with Gasteiger partial charge in [-0.1, -0.05) is 6.92 Å². The maximum absolute atomic E-state index is 12.1. The number of methoxy groups -OCH3 is 1. The molecule has 0 saturated carbocycles. The normalized spacial score (nSPS) is 12.1. The van der Waals surface area contributed by atoms with Gasteiger partial charge in [-0.05, 0) is 19.3 Å². The predicted octanol–water partition coefficient (Wildman–Crippen LogP) is 0.945. The van der Waals surface area contributed by atoms with Crippen LogP contribution in [0.2, 0.25) is 0 Å². The Morgan fingerprint density at radius 1 is 1.60 bits per heavy atom. The molecule has 0 aliphatic rings. The van der Waals surface area contributed by atoms with E-state index in [0.717, 1.165) is 6.42 Å². The van der Waals surface area contributed by atoms with Crippen molar-refractivity contribution >= 4 is 11.8 Å². The van der Waals surface area contributed by atoms with Gasteiger partial charge < -0.3 is 19.7 Å². The average molecular weight is 283 g/mol. The van der Waals surface area contributed by atoms with Gasteiger partial charge in [0, 0.05) is 32.7 Å². The Labute approximate surface area is 117 Å². The second-order valence-electron chi connectivity index (χ2n) is 4.44. The highest BCUT2D eigenvalue weighted by atomic mass is 16.5. The van der Waals surface area contributed by atoms with E-state index < -0.39 is 12.0 Å². The number of nitrogens with one attached hydrogen (secondary N) is 1. The molecule has 0 amide bonds. The number of rotatable bonds is 9. The van der Waals surface area contributed by atoms with Gasteiger partial charge >= 0.3 is 5.97 Å². The molecule has 0 aliphatic heterocycles. The summed E-state index contributed by atoms with van der Waals surface area (Å²) in [6.07, 6.45) is 4.87. The van der Waals surface area contributed by atoms with Crippen LogP contribution >= 0.6 is 0 Å². The van der Waals surface area contributed by atoms with E-state index in [1.54, 1.807) is 13.3 Å². The van der Waals surface area contributed by atoms with Crippen LogP contribution in [0.15, 0.2) is 17.2 Å². The van der Waals surface area contributed by atoms with E-state index in [1.807, 2.05) is 6.92 Å². The highest BCUT2D eigenvalue weighted by Crippen LogP contribution is 2.05. The fraction of sp³-hybridized carbons (Fsp3) is 0.615. The van der Waals surface area contributed by atoms with Crippen molar-refractivity contribution in [1.29, 1.82) is 0 Å². The Morgan fingerprint density at radius 3 is 2.95 bits per heavy atom. The summed E-state index contributed by atoms with van der Waals surface area (Å²) < 4.78 is 6.41. The van der Waals surface area contributed by atoms with Gasteiger partial charge in [-0.3, -0.25) is 4.79 Å². The largest absolute Gasteiger partial charge is 0.480 e. The number of ether oxygens (including phenoxy) is 1. The quantitative estimate of drug-likeness (QED) is 0.655. The molecule has 7 nitrogen and oxygen atoms in total. The fourth-order valence-corrected chi connectivity index (χ4v) is 1.82. The molecule has 1 atom stereocenters. The van der Waals surface area contributed by atoms with E-state index in [9.17, 15) is 9.59 Å². The van der Waals surface area contributed by atoms with Gasteiger partial charge in [0.05, 0.1) is 0 Å². The standard InChI is InChI=1S/C13H21N3O4/c1-3-7-16-8-6-14-11(12(16)17)15-10(13(18)19)5-4-9-20-2/h6,8,10H,3-5,7,9H2,1-2H3,(H,14,15)(H,18,19). The molecule has 112 valence electrons. The number of carboxylic acid groups (broad SMARTS) is 1. The van der Waals surface area contributed by atoms with Gasteiger partial charge in [0.1, 0.15) is 6.04 Å². The number of aliphatic carboxylic acids is 1. The Kier molecular flexibility index (Phi) is 6.72. The second kappa shape index (κ2) is 8.31. The summed E-state index contributed by atoms with van der Waals surface area (Å²) >= 11 is 0. The molecule has 20 heavy (non-hydrogen) atoms. The van der Waals surface area contributed by atoms with Crippen molar-refractivity contribution in [3.8, 4) is 0 Å². The molecule has 0 aliphatic carbocycles. The van der Waals surface area contributed by atoms with Crippen LogP contribution in [-0.4, -0.2) is 40.4 Å². The maximum atomic E-state index is 12.1. The lowest BCUT2D eigenvalue weighted by atomic mass is 10.1. The van der Waals surface area contributed by atoms with Crippen LogP contribution < -0.4 is 10.9 Å². The summed E-state index contributed by atoms with van der Waals surface area (Å²) in [5, 5.41) is 11.9.